The predicted molar refractivity (Wildman–Crippen MR) is 125 cm³/mol. The number of benzene rings is 1. The van der Waals surface area contributed by atoms with Gasteiger partial charge in [-0.2, -0.15) is 5.10 Å². The van der Waals surface area contributed by atoms with E-state index < -0.39 is 0 Å². The number of ether oxygens (including phenoxy) is 1. The first-order valence-corrected chi connectivity index (χ1v) is 11.8. The van der Waals surface area contributed by atoms with Crippen LogP contribution in [0.5, 0.6) is 5.75 Å². The van der Waals surface area contributed by atoms with Gasteiger partial charge in [0, 0.05) is 12.6 Å². The van der Waals surface area contributed by atoms with Crippen LogP contribution in [0.3, 0.4) is 0 Å². The van der Waals surface area contributed by atoms with E-state index >= 15 is 0 Å². The Morgan fingerprint density at radius 3 is 2.94 bits per heavy atom. The first kappa shape index (κ1) is 22.1. The molecule has 32 heavy (non-hydrogen) atoms. The number of amides is 1. The van der Waals surface area contributed by atoms with Crippen molar-refractivity contribution in [1.29, 1.82) is 0 Å². The van der Waals surface area contributed by atoms with E-state index in [1.54, 1.807) is 12.3 Å². The molecule has 3 aromatic rings. The summed E-state index contributed by atoms with van der Waals surface area (Å²) < 4.78 is 9.74. The van der Waals surface area contributed by atoms with Crippen LogP contribution in [0.2, 0.25) is 0 Å². The van der Waals surface area contributed by atoms with Crippen LogP contribution < -0.4 is 10.1 Å². The quantitative estimate of drug-likeness (QED) is 0.363. The molecule has 0 unspecified atom stereocenters. The zero-order valence-electron chi connectivity index (χ0n) is 18.2. The van der Waals surface area contributed by atoms with Gasteiger partial charge in [0.05, 0.1) is 18.0 Å². The molecule has 1 amide bonds. The summed E-state index contributed by atoms with van der Waals surface area (Å²) in [5.74, 6) is 2.35. The van der Waals surface area contributed by atoms with Crippen LogP contribution in [-0.2, 0) is 17.9 Å². The standard InChI is InChI=1S/C23H28N6O2S/c1-3-13-28-21(15-31-19-10-6-7-17(2)14-19)26-27-23(28)32-16-22(30)25-20-11-12-24-29(20)18-8-4-5-9-18/h3,6-7,10-12,14,18H,1,4-5,8-9,13,15-16H2,2H3,(H,25,30). The fourth-order valence-electron chi connectivity index (χ4n) is 3.86. The van der Waals surface area contributed by atoms with Gasteiger partial charge in [-0.05, 0) is 37.5 Å². The average molecular weight is 453 g/mol. The maximum atomic E-state index is 12.6. The van der Waals surface area contributed by atoms with Crippen LogP contribution >= 0.6 is 11.8 Å². The van der Waals surface area contributed by atoms with Crippen molar-refractivity contribution in [2.75, 3.05) is 11.1 Å². The smallest absolute Gasteiger partial charge is 0.235 e. The van der Waals surface area contributed by atoms with Gasteiger partial charge in [-0.1, -0.05) is 42.8 Å². The molecule has 0 radical (unpaired) electrons. The normalized spacial score (nSPS) is 13.9. The Bertz CT molecular complexity index is 1070. The minimum absolute atomic E-state index is 0.0968. The number of nitrogens with one attached hydrogen (secondary N) is 1. The van der Waals surface area contributed by atoms with Gasteiger partial charge in [0.1, 0.15) is 18.2 Å². The molecule has 1 fully saturated rings. The van der Waals surface area contributed by atoms with Crippen molar-refractivity contribution in [2.24, 2.45) is 0 Å². The molecule has 1 aliphatic carbocycles. The number of hydrogen-bond acceptors (Lipinski definition) is 6. The van der Waals surface area contributed by atoms with Gasteiger partial charge in [-0.15, -0.1) is 16.8 Å². The Morgan fingerprint density at radius 2 is 2.16 bits per heavy atom. The predicted octanol–water partition coefficient (Wildman–Crippen LogP) is 4.39. The summed E-state index contributed by atoms with van der Waals surface area (Å²) in [6.45, 7) is 6.68. The second-order valence-corrected chi connectivity index (χ2v) is 8.78. The van der Waals surface area contributed by atoms with Crippen LogP contribution in [-0.4, -0.2) is 36.2 Å². The zero-order valence-corrected chi connectivity index (χ0v) is 19.1. The molecule has 168 valence electrons. The average Bonchev–Trinajstić information content (AvgIpc) is 3.53. The summed E-state index contributed by atoms with van der Waals surface area (Å²) >= 11 is 1.34. The highest BCUT2D eigenvalue weighted by atomic mass is 32.2. The molecule has 4 rings (SSSR count). The first-order chi connectivity index (χ1) is 15.6. The number of allylic oxidation sites excluding steroid dienone is 1. The van der Waals surface area contributed by atoms with E-state index in [-0.39, 0.29) is 18.3 Å². The number of aromatic nitrogens is 5. The minimum Gasteiger partial charge on any atom is -0.486 e. The van der Waals surface area contributed by atoms with Crippen molar-refractivity contribution < 1.29 is 9.53 Å². The Labute approximate surface area is 192 Å². The third-order valence-electron chi connectivity index (χ3n) is 5.40. The van der Waals surface area contributed by atoms with E-state index in [1.165, 1.54) is 24.6 Å². The van der Waals surface area contributed by atoms with Gasteiger partial charge in [0.15, 0.2) is 11.0 Å². The molecule has 2 heterocycles. The lowest BCUT2D eigenvalue weighted by Gasteiger charge is -2.14. The Balaban J connectivity index is 1.36. The highest BCUT2D eigenvalue weighted by molar-refractivity contribution is 7.99. The molecule has 0 aliphatic heterocycles. The van der Waals surface area contributed by atoms with Gasteiger partial charge in [-0.3, -0.25) is 9.36 Å². The van der Waals surface area contributed by atoms with Gasteiger partial charge < -0.3 is 10.1 Å². The fourth-order valence-corrected chi connectivity index (χ4v) is 4.63. The Kier molecular flexibility index (Phi) is 7.26. The van der Waals surface area contributed by atoms with Crippen molar-refractivity contribution in [1.82, 2.24) is 24.5 Å². The lowest BCUT2D eigenvalue weighted by atomic mass is 10.2. The summed E-state index contributed by atoms with van der Waals surface area (Å²) in [6, 6.07) is 10.1. The van der Waals surface area contributed by atoms with Crippen LogP contribution in [0.25, 0.3) is 0 Å². The van der Waals surface area contributed by atoms with Crippen molar-refractivity contribution in [2.45, 2.75) is 57.0 Å². The number of nitrogens with zero attached hydrogens (tertiary/aromatic N) is 5. The number of rotatable bonds is 10. The summed E-state index contributed by atoms with van der Waals surface area (Å²) in [5.41, 5.74) is 1.13. The molecule has 0 spiro atoms. The molecule has 1 saturated carbocycles. The Morgan fingerprint density at radius 1 is 1.31 bits per heavy atom. The molecule has 1 aliphatic rings. The monoisotopic (exact) mass is 452 g/mol. The number of anilines is 1. The molecular weight excluding hydrogens is 424 g/mol. The minimum atomic E-state index is -0.0968. The summed E-state index contributed by atoms with van der Waals surface area (Å²) in [7, 11) is 0. The third-order valence-corrected chi connectivity index (χ3v) is 6.37. The second kappa shape index (κ2) is 10.5. The molecule has 2 aromatic heterocycles. The lowest BCUT2D eigenvalue weighted by Crippen LogP contribution is -2.19. The maximum absolute atomic E-state index is 12.6. The van der Waals surface area contributed by atoms with Crippen molar-refractivity contribution in [3.05, 3.63) is 60.6 Å². The molecule has 1 N–H and O–H groups in total. The van der Waals surface area contributed by atoms with E-state index in [1.807, 2.05) is 46.5 Å². The summed E-state index contributed by atoms with van der Waals surface area (Å²) in [6.07, 6.45) is 8.16. The zero-order chi connectivity index (χ0) is 22.3. The number of carbonyl (C=O) groups excluding carboxylic acids is 1. The fraction of sp³-hybridized carbons (Fsp3) is 0.391. The Hall–Kier alpha value is -3.07. The molecule has 9 heteroatoms. The summed E-state index contributed by atoms with van der Waals surface area (Å²) in [4.78, 5) is 12.6. The van der Waals surface area contributed by atoms with Gasteiger partial charge in [0.2, 0.25) is 5.91 Å². The van der Waals surface area contributed by atoms with Crippen molar-refractivity contribution in [3.63, 3.8) is 0 Å². The van der Waals surface area contributed by atoms with Crippen LogP contribution in [0.15, 0.2) is 54.3 Å². The highest BCUT2D eigenvalue weighted by Gasteiger charge is 2.21. The van der Waals surface area contributed by atoms with Gasteiger partial charge in [0.25, 0.3) is 0 Å². The third kappa shape index (κ3) is 5.40. The highest BCUT2D eigenvalue weighted by Crippen LogP contribution is 2.31. The van der Waals surface area contributed by atoms with Gasteiger partial charge in [-0.25, -0.2) is 4.68 Å². The lowest BCUT2D eigenvalue weighted by molar-refractivity contribution is -0.113. The number of carbonyl (C=O) groups is 1. The van der Waals surface area contributed by atoms with E-state index in [0.717, 1.165) is 30.0 Å². The number of thioether (sulfide) groups is 1. The molecule has 0 bridgehead atoms. The molecule has 1 aromatic carbocycles. The van der Waals surface area contributed by atoms with Crippen LogP contribution in [0.4, 0.5) is 5.82 Å². The summed E-state index contributed by atoms with van der Waals surface area (Å²) in [5, 5.41) is 16.6. The van der Waals surface area contributed by atoms with E-state index in [0.29, 0.717) is 23.6 Å². The second-order valence-electron chi connectivity index (χ2n) is 7.84. The molecular formula is C23H28N6O2S. The SMILES string of the molecule is C=CCn1c(COc2cccc(C)c2)nnc1SCC(=O)Nc1ccnn1C1CCCC1. The molecule has 0 atom stereocenters. The number of aryl methyl sites for hydroxylation is 1. The van der Waals surface area contributed by atoms with Crippen molar-refractivity contribution >= 4 is 23.5 Å². The largest absolute Gasteiger partial charge is 0.486 e. The molecule has 8 nitrogen and oxygen atoms in total. The van der Waals surface area contributed by atoms with E-state index in [9.17, 15) is 4.79 Å². The molecule has 0 saturated heterocycles. The van der Waals surface area contributed by atoms with E-state index in [2.05, 4.69) is 27.2 Å². The van der Waals surface area contributed by atoms with Gasteiger partial charge >= 0.3 is 0 Å². The first-order valence-electron chi connectivity index (χ1n) is 10.8. The van der Waals surface area contributed by atoms with Crippen LogP contribution in [0.1, 0.15) is 43.1 Å². The van der Waals surface area contributed by atoms with Crippen molar-refractivity contribution in [3.8, 4) is 5.75 Å². The topological polar surface area (TPSA) is 86.9 Å². The van der Waals surface area contributed by atoms with Crippen LogP contribution in [0, 0.1) is 6.92 Å². The number of hydrogen-bond donors (Lipinski definition) is 1. The maximum Gasteiger partial charge on any atom is 0.235 e. The van der Waals surface area contributed by atoms with E-state index in [4.69, 9.17) is 4.74 Å².